The fraction of sp³-hybridized carbons (Fsp3) is 0.619. The van der Waals surface area contributed by atoms with Gasteiger partial charge in [-0.2, -0.15) is 0 Å². The van der Waals surface area contributed by atoms with E-state index < -0.39 is 0 Å². The number of nitrogens with zero attached hydrogens (tertiary/aromatic N) is 3. The third kappa shape index (κ3) is 5.06. The zero-order valence-corrected chi connectivity index (χ0v) is 16.4. The number of piperidine rings is 2. The molecule has 2 fully saturated rings. The van der Waals surface area contributed by atoms with Gasteiger partial charge >= 0.3 is 0 Å². The Morgan fingerprint density at radius 3 is 2.70 bits per heavy atom. The smallest absolute Gasteiger partial charge is 0.227 e. The Balaban J connectivity index is 1.55. The summed E-state index contributed by atoms with van der Waals surface area (Å²) in [5.41, 5.74) is 0.875. The number of likely N-dealkylation sites (tertiary alicyclic amines) is 2. The van der Waals surface area contributed by atoms with Gasteiger partial charge in [-0.15, -0.1) is 0 Å². The average molecular weight is 375 g/mol. The molecule has 1 atom stereocenters. The van der Waals surface area contributed by atoms with Gasteiger partial charge in [0, 0.05) is 32.6 Å². The fourth-order valence-corrected chi connectivity index (χ4v) is 4.14. The van der Waals surface area contributed by atoms with Gasteiger partial charge in [0.05, 0.1) is 5.92 Å². The molecule has 1 unspecified atom stereocenters. The molecule has 0 bridgehead atoms. The predicted octanol–water partition coefficient (Wildman–Crippen LogP) is 2.16. The van der Waals surface area contributed by atoms with E-state index in [1.807, 2.05) is 18.0 Å². The fourth-order valence-electron chi connectivity index (χ4n) is 4.14. The first-order valence-corrected chi connectivity index (χ1v) is 9.91. The SMILES string of the molecule is CN1CCC(N(C)C(=O)C2CCC(=O)N(CCc3cccc(F)c3)C2)CC1. The van der Waals surface area contributed by atoms with Crippen molar-refractivity contribution in [3.8, 4) is 0 Å². The Morgan fingerprint density at radius 1 is 1.26 bits per heavy atom. The van der Waals surface area contributed by atoms with Crippen molar-refractivity contribution in [1.29, 1.82) is 0 Å². The molecule has 0 aromatic heterocycles. The molecule has 0 saturated carbocycles. The van der Waals surface area contributed by atoms with Crippen LogP contribution in [0.4, 0.5) is 4.39 Å². The molecular weight excluding hydrogens is 345 g/mol. The van der Waals surface area contributed by atoms with Gasteiger partial charge in [0.15, 0.2) is 0 Å². The van der Waals surface area contributed by atoms with E-state index >= 15 is 0 Å². The molecule has 2 aliphatic rings. The normalized spacial score (nSPS) is 22.1. The molecule has 27 heavy (non-hydrogen) atoms. The van der Waals surface area contributed by atoms with E-state index in [0.717, 1.165) is 31.5 Å². The third-order valence-electron chi connectivity index (χ3n) is 5.99. The first-order valence-electron chi connectivity index (χ1n) is 9.91. The van der Waals surface area contributed by atoms with E-state index in [1.165, 1.54) is 12.1 Å². The average Bonchev–Trinajstić information content (AvgIpc) is 2.67. The Hall–Kier alpha value is -1.95. The standard InChI is InChI=1S/C21H30FN3O2/c1-23-11-9-19(10-12-23)24(2)21(27)17-6-7-20(26)25(15-17)13-8-16-4-3-5-18(22)14-16/h3-5,14,17,19H,6-13,15H2,1-2H3. The number of benzene rings is 1. The van der Waals surface area contributed by atoms with Crippen LogP contribution in [0.1, 0.15) is 31.2 Å². The van der Waals surface area contributed by atoms with E-state index in [0.29, 0.717) is 38.4 Å². The summed E-state index contributed by atoms with van der Waals surface area (Å²) in [7, 11) is 4.02. The van der Waals surface area contributed by atoms with E-state index in [4.69, 9.17) is 0 Å². The summed E-state index contributed by atoms with van der Waals surface area (Å²) in [5.74, 6) is -0.129. The van der Waals surface area contributed by atoms with Crippen molar-refractivity contribution >= 4 is 11.8 Å². The molecule has 0 radical (unpaired) electrons. The molecule has 1 aromatic rings. The number of hydrogen-bond acceptors (Lipinski definition) is 3. The Kier molecular flexibility index (Phi) is 6.47. The lowest BCUT2D eigenvalue weighted by atomic mass is 9.94. The number of carbonyl (C=O) groups is 2. The van der Waals surface area contributed by atoms with Crippen LogP contribution < -0.4 is 0 Å². The lowest BCUT2D eigenvalue weighted by Gasteiger charge is -2.39. The summed E-state index contributed by atoms with van der Waals surface area (Å²) in [6.07, 6.45) is 3.67. The Bertz CT molecular complexity index is 673. The zero-order valence-electron chi connectivity index (χ0n) is 16.4. The van der Waals surface area contributed by atoms with Crippen molar-refractivity contribution in [2.75, 3.05) is 40.3 Å². The Labute approximate surface area is 161 Å². The third-order valence-corrected chi connectivity index (χ3v) is 5.99. The van der Waals surface area contributed by atoms with Crippen LogP contribution in [0.25, 0.3) is 0 Å². The highest BCUT2D eigenvalue weighted by Gasteiger charge is 2.34. The van der Waals surface area contributed by atoms with Crippen LogP contribution in [0.5, 0.6) is 0 Å². The highest BCUT2D eigenvalue weighted by molar-refractivity contribution is 5.84. The minimum atomic E-state index is -0.259. The van der Waals surface area contributed by atoms with Crippen molar-refractivity contribution in [3.63, 3.8) is 0 Å². The summed E-state index contributed by atoms with van der Waals surface area (Å²) >= 11 is 0. The summed E-state index contributed by atoms with van der Waals surface area (Å²) in [6, 6.07) is 6.78. The highest BCUT2D eigenvalue weighted by Crippen LogP contribution is 2.23. The van der Waals surface area contributed by atoms with Gasteiger partial charge < -0.3 is 14.7 Å². The predicted molar refractivity (Wildman–Crippen MR) is 103 cm³/mol. The lowest BCUT2D eigenvalue weighted by molar-refractivity contribution is -0.144. The number of halogens is 1. The van der Waals surface area contributed by atoms with Gasteiger partial charge in [0.25, 0.3) is 0 Å². The molecular formula is C21H30FN3O2. The van der Waals surface area contributed by atoms with Gasteiger partial charge in [-0.05, 0) is 63.5 Å². The van der Waals surface area contributed by atoms with Gasteiger partial charge in [-0.1, -0.05) is 12.1 Å². The van der Waals surface area contributed by atoms with Crippen molar-refractivity contribution in [2.45, 2.75) is 38.1 Å². The van der Waals surface area contributed by atoms with Gasteiger partial charge in [-0.25, -0.2) is 4.39 Å². The van der Waals surface area contributed by atoms with E-state index in [2.05, 4.69) is 11.9 Å². The lowest BCUT2D eigenvalue weighted by Crippen LogP contribution is -2.50. The number of amides is 2. The second-order valence-electron chi connectivity index (χ2n) is 7.94. The van der Waals surface area contributed by atoms with Gasteiger partial charge in [-0.3, -0.25) is 9.59 Å². The molecule has 5 nitrogen and oxygen atoms in total. The molecule has 0 spiro atoms. The molecule has 1 aromatic carbocycles. The van der Waals surface area contributed by atoms with Gasteiger partial charge in [0.1, 0.15) is 5.82 Å². The molecule has 0 aliphatic carbocycles. The largest absolute Gasteiger partial charge is 0.342 e. The monoisotopic (exact) mass is 375 g/mol. The highest BCUT2D eigenvalue weighted by atomic mass is 19.1. The maximum atomic E-state index is 13.3. The number of carbonyl (C=O) groups excluding carboxylic acids is 2. The maximum Gasteiger partial charge on any atom is 0.227 e. The van der Waals surface area contributed by atoms with Crippen LogP contribution in [0.15, 0.2) is 24.3 Å². The molecule has 6 heteroatoms. The topological polar surface area (TPSA) is 43.9 Å². The molecule has 2 aliphatic heterocycles. The van der Waals surface area contributed by atoms with Crippen LogP contribution in [0.3, 0.4) is 0 Å². The molecule has 0 N–H and O–H groups in total. The first kappa shape index (κ1) is 19.8. The summed E-state index contributed by atoms with van der Waals surface area (Å²) in [4.78, 5) is 31.2. The second-order valence-corrected chi connectivity index (χ2v) is 7.94. The summed E-state index contributed by atoms with van der Waals surface area (Å²) in [5, 5.41) is 0. The Morgan fingerprint density at radius 2 is 2.00 bits per heavy atom. The van der Waals surface area contributed by atoms with E-state index in [-0.39, 0.29) is 23.5 Å². The van der Waals surface area contributed by atoms with Crippen LogP contribution in [0, 0.1) is 11.7 Å². The molecule has 2 heterocycles. The molecule has 148 valence electrons. The maximum absolute atomic E-state index is 13.3. The quantitative estimate of drug-likeness (QED) is 0.792. The second kappa shape index (κ2) is 8.83. The van der Waals surface area contributed by atoms with Crippen LogP contribution >= 0.6 is 0 Å². The van der Waals surface area contributed by atoms with E-state index in [9.17, 15) is 14.0 Å². The number of rotatable bonds is 5. The number of hydrogen-bond donors (Lipinski definition) is 0. The van der Waals surface area contributed by atoms with Crippen molar-refractivity contribution < 1.29 is 14.0 Å². The van der Waals surface area contributed by atoms with Crippen LogP contribution in [-0.2, 0) is 16.0 Å². The van der Waals surface area contributed by atoms with Crippen molar-refractivity contribution in [2.24, 2.45) is 5.92 Å². The zero-order chi connectivity index (χ0) is 19.4. The van der Waals surface area contributed by atoms with E-state index in [1.54, 1.807) is 11.0 Å². The molecule has 3 rings (SSSR count). The minimum Gasteiger partial charge on any atom is -0.342 e. The molecule has 2 saturated heterocycles. The first-order chi connectivity index (χ1) is 12.9. The minimum absolute atomic E-state index is 0.0948. The van der Waals surface area contributed by atoms with Crippen molar-refractivity contribution in [1.82, 2.24) is 14.7 Å². The van der Waals surface area contributed by atoms with Crippen LogP contribution in [-0.4, -0.2) is 72.8 Å². The van der Waals surface area contributed by atoms with Crippen LogP contribution in [0.2, 0.25) is 0 Å². The van der Waals surface area contributed by atoms with Crippen molar-refractivity contribution in [3.05, 3.63) is 35.6 Å². The summed E-state index contributed by atoms with van der Waals surface area (Å²) in [6.45, 7) is 3.05. The van der Waals surface area contributed by atoms with Gasteiger partial charge in [0.2, 0.25) is 11.8 Å². The summed E-state index contributed by atoms with van der Waals surface area (Å²) < 4.78 is 13.3. The molecule has 2 amide bonds.